The molecule has 28 heavy (non-hydrogen) atoms. The third-order valence-corrected chi connectivity index (χ3v) is 8.66. The van der Waals surface area contributed by atoms with Crippen molar-refractivity contribution in [2.24, 2.45) is 0 Å². The Hall–Kier alpha value is -1.14. The van der Waals surface area contributed by atoms with Crippen molar-refractivity contribution in [3.05, 3.63) is 22.3 Å². The molecular formula is C16H22ClN5O3S3. The largest absolute Gasteiger partial charge is 0.339 e. The van der Waals surface area contributed by atoms with Gasteiger partial charge in [-0.15, -0.1) is 16.4 Å². The number of hydrogen-bond acceptors (Lipinski definition) is 7. The lowest BCUT2D eigenvalue weighted by Crippen LogP contribution is -2.50. The summed E-state index contributed by atoms with van der Waals surface area (Å²) in [7, 11) is -3.56. The molecule has 1 amide bonds. The molecule has 3 rings (SSSR count). The minimum Gasteiger partial charge on any atom is -0.339 e. The van der Waals surface area contributed by atoms with Gasteiger partial charge in [-0.05, 0) is 12.1 Å². The van der Waals surface area contributed by atoms with E-state index in [9.17, 15) is 13.2 Å². The number of aromatic nitrogens is 3. The van der Waals surface area contributed by atoms with Gasteiger partial charge >= 0.3 is 0 Å². The van der Waals surface area contributed by atoms with Crippen LogP contribution in [0.2, 0.25) is 4.34 Å². The Kier molecular flexibility index (Phi) is 6.40. The highest BCUT2D eigenvalue weighted by Gasteiger charge is 2.31. The first-order valence-electron chi connectivity index (χ1n) is 8.66. The average Bonchev–Trinajstić information content (AvgIpc) is 3.29. The second-order valence-electron chi connectivity index (χ2n) is 7.35. The van der Waals surface area contributed by atoms with Gasteiger partial charge in [-0.1, -0.05) is 44.1 Å². The van der Waals surface area contributed by atoms with Crippen molar-refractivity contribution in [3.8, 4) is 0 Å². The van der Waals surface area contributed by atoms with Crippen LogP contribution >= 0.6 is 34.7 Å². The molecule has 3 heterocycles. The number of H-pyrrole nitrogens is 1. The van der Waals surface area contributed by atoms with Crippen LogP contribution in [0.3, 0.4) is 0 Å². The maximum atomic E-state index is 12.6. The number of carbonyl (C=O) groups is 1. The van der Waals surface area contributed by atoms with Crippen LogP contribution in [-0.4, -0.2) is 70.6 Å². The number of thiophene rings is 1. The van der Waals surface area contributed by atoms with E-state index < -0.39 is 10.0 Å². The molecule has 0 saturated carbocycles. The van der Waals surface area contributed by atoms with E-state index in [-0.39, 0.29) is 34.4 Å². The van der Waals surface area contributed by atoms with Crippen LogP contribution in [0, 0.1) is 0 Å². The van der Waals surface area contributed by atoms with Gasteiger partial charge in [0.1, 0.15) is 10.0 Å². The van der Waals surface area contributed by atoms with Crippen LogP contribution in [0.5, 0.6) is 0 Å². The number of carbonyl (C=O) groups excluding carboxylic acids is 1. The fraction of sp³-hybridized carbons (Fsp3) is 0.562. The van der Waals surface area contributed by atoms with Gasteiger partial charge < -0.3 is 4.90 Å². The summed E-state index contributed by atoms with van der Waals surface area (Å²) in [4.78, 5) is 18.5. The van der Waals surface area contributed by atoms with Crippen LogP contribution in [0.4, 0.5) is 0 Å². The first-order valence-corrected chi connectivity index (χ1v) is 12.3. The molecule has 2 aromatic rings. The molecule has 1 fully saturated rings. The van der Waals surface area contributed by atoms with E-state index in [1.807, 2.05) is 20.8 Å². The highest BCUT2D eigenvalue weighted by Crippen LogP contribution is 2.28. The lowest BCUT2D eigenvalue weighted by atomic mass is 9.96. The number of sulfonamides is 1. The quantitative estimate of drug-likeness (QED) is 0.683. The predicted octanol–water partition coefficient (Wildman–Crippen LogP) is 2.44. The van der Waals surface area contributed by atoms with E-state index >= 15 is 0 Å². The van der Waals surface area contributed by atoms with Crippen LogP contribution < -0.4 is 0 Å². The normalized spacial score (nSPS) is 16.5. The Morgan fingerprint density at radius 1 is 1.29 bits per heavy atom. The molecule has 0 unspecified atom stereocenters. The molecule has 0 atom stereocenters. The van der Waals surface area contributed by atoms with Crippen molar-refractivity contribution in [3.63, 3.8) is 0 Å². The van der Waals surface area contributed by atoms with Gasteiger partial charge in [0.15, 0.2) is 0 Å². The zero-order chi connectivity index (χ0) is 20.5. The van der Waals surface area contributed by atoms with Gasteiger partial charge in [-0.25, -0.2) is 13.4 Å². The maximum Gasteiger partial charge on any atom is 0.252 e. The summed E-state index contributed by atoms with van der Waals surface area (Å²) < 4.78 is 27.3. The van der Waals surface area contributed by atoms with Crippen LogP contribution in [0.15, 0.2) is 21.5 Å². The van der Waals surface area contributed by atoms with E-state index in [4.69, 9.17) is 11.6 Å². The van der Waals surface area contributed by atoms with Crippen molar-refractivity contribution in [2.75, 3.05) is 31.9 Å². The van der Waals surface area contributed by atoms with E-state index in [0.29, 0.717) is 22.6 Å². The Morgan fingerprint density at radius 2 is 1.96 bits per heavy atom. The SMILES string of the molecule is CC(C)(C)c1nc(SCC(=O)N2CCN(S(=O)(=O)c3ccc(Cl)s3)CC2)n[nH]1. The summed E-state index contributed by atoms with van der Waals surface area (Å²) in [6.45, 7) is 7.35. The minimum absolute atomic E-state index is 0.0525. The fourth-order valence-electron chi connectivity index (χ4n) is 2.61. The second-order valence-corrected chi connectivity index (χ2v) is 12.2. The number of rotatable bonds is 5. The van der Waals surface area contributed by atoms with Gasteiger partial charge in [0.05, 0.1) is 10.1 Å². The molecule has 1 aliphatic rings. The molecule has 0 aliphatic carbocycles. The zero-order valence-corrected chi connectivity index (χ0v) is 19.0. The summed E-state index contributed by atoms with van der Waals surface area (Å²) in [5.74, 6) is 0.938. The van der Waals surface area contributed by atoms with Crippen LogP contribution in [0.1, 0.15) is 26.6 Å². The number of aromatic amines is 1. The average molecular weight is 464 g/mol. The highest BCUT2D eigenvalue weighted by atomic mass is 35.5. The molecule has 1 saturated heterocycles. The smallest absolute Gasteiger partial charge is 0.252 e. The molecule has 12 heteroatoms. The number of nitrogens with zero attached hydrogens (tertiary/aromatic N) is 4. The Balaban J connectivity index is 1.52. The third kappa shape index (κ3) is 4.88. The fourth-order valence-corrected chi connectivity index (χ4v) is 6.37. The lowest BCUT2D eigenvalue weighted by Gasteiger charge is -2.33. The summed E-state index contributed by atoms with van der Waals surface area (Å²) >= 11 is 8.17. The monoisotopic (exact) mass is 463 g/mol. The zero-order valence-electron chi connectivity index (χ0n) is 15.8. The van der Waals surface area contributed by atoms with Crippen molar-refractivity contribution < 1.29 is 13.2 Å². The number of thioether (sulfide) groups is 1. The van der Waals surface area contributed by atoms with Crippen molar-refractivity contribution in [2.45, 2.75) is 35.6 Å². The molecule has 0 spiro atoms. The van der Waals surface area contributed by atoms with E-state index in [1.165, 1.54) is 22.1 Å². The van der Waals surface area contributed by atoms with Gasteiger partial charge in [-0.2, -0.15) is 4.31 Å². The number of piperazine rings is 1. The molecule has 2 aromatic heterocycles. The van der Waals surface area contributed by atoms with Gasteiger partial charge in [0.2, 0.25) is 11.1 Å². The summed E-state index contributed by atoms with van der Waals surface area (Å²) in [6.07, 6.45) is 0. The van der Waals surface area contributed by atoms with Gasteiger partial charge in [-0.3, -0.25) is 9.89 Å². The summed E-state index contributed by atoms with van der Waals surface area (Å²) in [5.41, 5.74) is -0.134. The molecule has 0 bridgehead atoms. The molecule has 154 valence electrons. The Bertz CT molecular complexity index is 943. The van der Waals surface area contributed by atoms with E-state index in [0.717, 1.165) is 17.2 Å². The summed E-state index contributed by atoms with van der Waals surface area (Å²) in [6, 6.07) is 3.09. The van der Waals surface area contributed by atoms with Crippen molar-refractivity contribution in [1.29, 1.82) is 0 Å². The van der Waals surface area contributed by atoms with Crippen LogP contribution in [-0.2, 0) is 20.2 Å². The molecule has 1 aliphatic heterocycles. The Morgan fingerprint density at radius 3 is 2.50 bits per heavy atom. The van der Waals surface area contributed by atoms with Gasteiger partial charge in [0, 0.05) is 31.6 Å². The first kappa shape index (κ1) is 21.6. The number of hydrogen-bond donors (Lipinski definition) is 1. The second kappa shape index (κ2) is 8.31. The maximum absolute atomic E-state index is 12.6. The minimum atomic E-state index is -3.56. The highest BCUT2D eigenvalue weighted by molar-refractivity contribution is 7.99. The molecule has 0 radical (unpaired) electrons. The summed E-state index contributed by atoms with van der Waals surface area (Å²) in [5, 5.41) is 7.57. The first-order chi connectivity index (χ1) is 13.1. The van der Waals surface area contributed by atoms with Crippen molar-refractivity contribution in [1.82, 2.24) is 24.4 Å². The number of nitrogens with one attached hydrogen (secondary N) is 1. The molecule has 8 nitrogen and oxygen atoms in total. The standard InChI is InChI=1S/C16H22ClN5O3S3/c1-16(2,3)14-18-15(20-19-14)26-10-12(23)21-6-8-22(9-7-21)28(24,25)13-5-4-11(17)27-13/h4-5H,6-10H2,1-3H3,(H,18,19,20). The Labute approximate surface area is 177 Å². The number of halogens is 1. The molecule has 0 aromatic carbocycles. The lowest BCUT2D eigenvalue weighted by molar-refractivity contribution is -0.129. The molecule has 1 N–H and O–H groups in total. The number of amides is 1. The third-order valence-electron chi connectivity index (χ3n) is 4.23. The van der Waals surface area contributed by atoms with Crippen LogP contribution in [0.25, 0.3) is 0 Å². The molecular weight excluding hydrogens is 442 g/mol. The predicted molar refractivity (Wildman–Crippen MR) is 110 cm³/mol. The van der Waals surface area contributed by atoms with E-state index in [2.05, 4.69) is 15.2 Å². The van der Waals surface area contributed by atoms with E-state index in [1.54, 1.807) is 11.0 Å². The van der Waals surface area contributed by atoms with Crippen molar-refractivity contribution >= 4 is 50.6 Å². The topological polar surface area (TPSA) is 99.3 Å². The van der Waals surface area contributed by atoms with Gasteiger partial charge in [0.25, 0.3) is 10.0 Å².